The Balaban J connectivity index is 1.72. The van der Waals surface area contributed by atoms with E-state index in [-0.39, 0.29) is 0 Å². The van der Waals surface area contributed by atoms with E-state index in [4.69, 9.17) is 4.98 Å². The normalized spacial score (nSPS) is 26.6. The molecule has 1 aromatic rings. The molecule has 0 aliphatic carbocycles. The average molecular weight is 274 g/mol. The van der Waals surface area contributed by atoms with Gasteiger partial charge in [0.15, 0.2) is 0 Å². The first kappa shape index (κ1) is 13.7. The Hall–Kier alpha value is -1.29. The lowest BCUT2D eigenvalue weighted by Crippen LogP contribution is -2.37. The van der Waals surface area contributed by atoms with Crippen LogP contribution in [0.2, 0.25) is 0 Å². The summed E-state index contributed by atoms with van der Waals surface area (Å²) in [5, 5.41) is 3.38. The summed E-state index contributed by atoms with van der Waals surface area (Å²) in [6, 6.07) is 7.82. The Bertz CT molecular complexity index is 448. The van der Waals surface area contributed by atoms with Gasteiger partial charge in [0.25, 0.3) is 0 Å². The van der Waals surface area contributed by atoms with Gasteiger partial charge in [-0.1, -0.05) is 13.0 Å². The second-order valence-corrected chi connectivity index (χ2v) is 6.09. The van der Waals surface area contributed by atoms with Crippen LogP contribution in [0.15, 0.2) is 18.2 Å². The molecular formula is C16H26N4. The maximum atomic E-state index is 4.78. The van der Waals surface area contributed by atoms with Gasteiger partial charge in [0.1, 0.15) is 11.6 Å². The number of pyridine rings is 1. The fourth-order valence-corrected chi connectivity index (χ4v) is 3.47. The second-order valence-electron chi connectivity index (χ2n) is 6.09. The molecule has 0 radical (unpaired) electrons. The summed E-state index contributed by atoms with van der Waals surface area (Å²) in [6.45, 7) is 5.43. The van der Waals surface area contributed by atoms with E-state index < -0.39 is 0 Å². The first-order valence-electron chi connectivity index (χ1n) is 7.95. The van der Waals surface area contributed by atoms with Crippen LogP contribution in [-0.2, 0) is 0 Å². The van der Waals surface area contributed by atoms with Crippen LogP contribution in [0.1, 0.15) is 32.6 Å². The van der Waals surface area contributed by atoms with E-state index in [0.29, 0.717) is 6.04 Å². The summed E-state index contributed by atoms with van der Waals surface area (Å²) in [5.41, 5.74) is 0. The monoisotopic (exact) mass is 274 g/mol. The summed E-state index contributed by atoms with van der Waals surface area (Å²) < 4.78 is 0. The van der Waals surface area contributed by atoms with Gasteiger partial charge in [-0.15, -0.1) is 0 Å². The molecule has 1 aromatic heterocycles. The van der Waals surface area contributed by atoms with E-state index in [1.807, 2.05) is 0 Å². The van der Waals surface area contributed by atoms with Crippen molar-refractivity contribution in [1.29, 1.82) is 0 Å². The third kappa shape index (κ3) is 2.75. The summed E-state index contributed by atoms with van der Waals surface area (Å²) in [5.74, 6) is 2.14. The average Bonchev–Trinajstić information content (AvgIpc) is 2.70. The lowest BCUT2D eigenvalue weighted by molar-refractivity contribution is 0.254. The molecule has 110 valence electrons. The summed E-state index contributed by atoms with van der Waals surface area (Å²) in [4.78, 5) is 9.83. The van der Waals surface area contributed by atoms with E-state index >= 15 is 0 Å². The number of hydrogen-bond acceptors (Lipinski definition) is 4. The van der Waals surface area contributed by atoms with Crippen LogP contribution < -0.4 is 10.2 Å². The molecule has 20 heavy (non-hydrogen) atoms. The Labute approximate surface area is 122 Å². The number of aromatic nitrogens is 1. The van der Waals surface area contributed by atoms with E-state index in [1.165, 1.54) is 19.3 Å². The largest absolute Gasteiger partial charge is 0.370 e. The highest BCUT2D eigenvalue weighted by molar-refractivity contribution is 5.47. The number of hydrogen-bond donors (Lipinski definition) is 1. The van der Waals surface area contributed by atoms with Gasteiger partial charge in [0, 0.05) is 31.7 Å². The highest BCUT2D eigenvalue weighted by Gasteiger charge is 2.34. The van der Waals surface area contributed by atoms with Crippen molar-refractivity contribution < 1.29 is 0 Å². The fourth-order valence-electron chi connectivity index (χ4n) is 3.47. The first-order chi connectivity index (χ1) is 9.78. The van der Waals surface area contributed by atoms with Crippen molar-refractivity contribution in [3.8, 4) is 0 Å². The van der Waals surface area contributed by atoms with E-state index in [0.717, 1.165) is 43.7 Å². The van der Waals surface area contributed by atoms with Crippen LogP contribution in [0.3, 0.4) is 0 Å². The van der Waals surface area contributed by atoms with Gasteiger partial charge in [-0.25, -0.2) is 4.98 Å². The molecule has 4 heteroatoms. The van der Waals surface area contributed by atoms with E-state index in [1.54, 1.807) is 0 Å². The van der Waals surface area contributed by atoms with Gasteiger partial charge >= 0.3 is 0 Å². The molecule has 2 bridgehead atoms. The number of fused-ring (bicyclic) bond motifs is 2. The fraction of sp³-hybridized carbons (Fsp3) is 0.688. The minimum atomic E-state index is 0.705. The molecule has 0 amide bonds. The lowest BCUT2D eigenvalue weighted by Gasteiger charge is -2.27. The lowest BCUT2D eigenvalue weighted by atomic mass is 10.1. The van der Waals surface area contributed by atoms with Crippen molar-refractivity contribution in [2.75, 3.05) is 36.9 Å². The Morgan fingerprint density at radius 1 is 1.25 bits per heavy atom. The van der Waals surface area contributed by atoms with Crippen LogP contribution in [0.5, 0.6) is 0 Å². The molecule has 1 N–H and O–H groups in total. The third-order valence-electron chi connectivity index (χ3n) is 4.76. The molecule has 3 heterocycles. The summed E-state index contributed by atoms with van der Waals surface area (Å²) >= 11 is 0. The number of anilines is 2. The maximum Gasteiger partial charge on any atom is 0.131 e. The van der Waals surface area contributed by atoms with Crippen molar-refractivity contribution in [3.63, 3.8) is 0 Å². The van der Waals surface area contributed by atoms with Crippen LogP contribution in [-0.4, -0.2) is 48.6 Å². The van der Waals surface area contributed by atoms with Gasteiger partial charge < -0.3 is 10.2 Å². The molecule has 3 rings (SSSR count). The van der Waals surface area contributed by atoms with Crippen LogP contribution >= 0.6 is 0 Å². The molecule has 0 saturated carbocycles. The van der Waals surface area contributed by atoms with Gasteiger partial charge in [-0.2, -0.15) is 0 Å². The SMILES string of the molecule is CCCNc1cccc(N2CCC3CCC(C2)N3C)n1. The molecule has 0 aromatic carbocycles. The molecule has 2 aliphatic rings. The molecular weight excluding hydrogens is 248 g/mol. The van der Waals surface area contributed by atoms with Crippen molar-refractivity contribution >= 4 is 11.6 Å². The molecule has 4 nitrogen and oxygen atoms in total. The molecule has 0 spiro atoms. The number of nitrogens with one attached hydrogen (secondary N) is 1. The molecule has 2 unspecified atom stereocenters. The van der Waals surface area contributed by atoms with Crippen molar-refractivity contribution in [2.45, 2.75) is 44.7 Å². The quantitative estimate of drug-likeness (QED) is 0.914. The Kier molecular flexibility index (Phi) is 4.10. The zero-order chi connectivity index (χ0) is 13.9. The minimum Gasteiger partial charge on any atom is -0.370 e. The number of rotatable bonds is 4. The van der Waals surface area contributed by atoms with Crippen LogP contribution in [0, 0.1) is 0 Å². The second kappa shape index (κ2) is 6.00. The van der Waals surface area contributed by atoms with Crippen molar-refractivity contribution in [1.82, 2.24) is 9.88 Å². The summed E-state index contributed by atoms with van der Waals surface area (Å²) in [7, 11) is 2.29. The molecule has 2 aliphatic heterocycles. The highest BCUT2D eigenvalue weighted by atomic mass is 15.3. The number of nitrogens with zero attached hydrogens (tertiary/aromatic N) is 3. The maximum absolute atomic E-state index is 4.78. The third-order valence-corrected chi connectivity index (χ3v) is 4.76. The van der Waals surface area contributed by atoms with Crippen molar-refractivity contribution in [2.24, 2.45) is 0 Å². The zero-order valence-corrected chi connectivity index (χ0v) is 12.7. The summed E-state index contributed by atoms with van der Waals surface area (Å²) in [6.07, 6.45) is 5.11. The van der Waals surface area contributed by atoms with Crippen molar-refractivity contribution in [3.05, 3.63) is 18.2 Å². The zero-order valence-electron chi connectivity index (χ0n) is 12.7. The predicted molar refractivity (Wildman–Crippen MR) is 84.4 cm³/mol. The van der Waals surface area contributed by atoms with Gasteiger partial charge in [-0.3, -0.25) is 4.90 Å². The van der Waals surface area contributed by atoms with Gasteiger partial charge in [-0.05, 0) is 44.9 Å². The number of likely N-dealkylation sites (N-methyl/N-ethyl adjacent to an activating group) is 1. The smallest absolute Gasteiger partial charge is 0.131 e. The molecule has 2 saturated heterocycles. The first-order valence-corrected chi connectivity index (χ1v) is 7.95. The molecule has 2 fully saturated rings. The predicted octanol–water partition coefficient (Wildman–Crippen LogP) is 2.58. The van der Waals surface area contributed by atoms with E-state index in [9.17, 15) is 0 Å². The highest BCUT2D eigenvalue weighted by Crippen LogP contribution is 2.30. The van der Waals surface area contributed by atoms with Crippen LogP contribution in [0.4, 0.5) is 11.6 Å². The Morgan fingerprint density at radius 3 is 2.95 bits per heavy atom. The van der Waals surface area contributed by atoms with Gasteiger partial charge in [0.2, 0.25) is 0 Å². The van der Waals surface area contributed by atoms with Crippen LogP contribution in [0.25, 0.3) is 0 Å². The topological polar surface area (TPSA) is 31.4 Å². The Morgan fingerprint density at radius 2 is 2.10 bits per heavy atom. The van der Waals surface area contributed by atoms with E-state index in [2.05, 4.69) is 47.3 Å². The minimum absolute atomic E-state index is 0.705. The van der Waals surface area contributed by atoms with Gasteiger partial charge in [0.05, 0.1) is 0 Å². The molecule has 2 atom stereocenters. The standard InChI is InChI=1S/C16H26N4/c1-3-10-17-15-5-4-6-16(18-15)20-11-9-13-7-8-14(12-20)19(13)2/h4-6,13-14H,3,7-12H2,1-2H3,(H,17,18).